The van der Waals surface area contributed by atoms with Crippen molar-refractivity contribution in [1.82, 2.24) is 19.8 Å². The van der Waals surface area contributed by atoms with Crippen molar-refractivity contribution in [2.24, 2.45) is 0 Å². The molecule has 1 saturated heterocycles. The maximum atomic E-state index is 12.5. The molecule has 1 atom stereocenters. The van der Waals surface area contributed by atoms with Gasteiger partial charge in [0.1, 0.15) is 5.60 Å². The molecule has 23 heavy (non-hydrogen) atoms. The molecule has 1 fully saturated rings. The van der Waals surface area contributed by atoms with Gasteiger partial charge in [-0.1, -0.05) is 0 Å². The van der Waals surface area contributed by atoms with E-state index in [0.29, 0.717) is 39.3 Å². The van der Waals surface area contributed by atoms with Crippen molar-refractivity contribution in [3.8, 4) is 0 Å². The van der Waals surface area contributed by atoms with Crippen molar-refractivity contribution < 1.29 is 19.1 Å². The van der Waals surface area contributed by atoms with Crippen LogP contribution in [0.2, 0.25) is 0 Å². The summed E-state index contributed by atoms with van der Waals surface area (Å²) in [5.74, 6) is -0.120. The lowest BCUT2D eigenvalue weighted by Gasteiger charge is -2.33. The Morgan fingerprint density at radius 3 is 2.96 bits per heavy atom. The minimum Gasteiger partial charge on any atom is -0.377 e. The van der Waals surface area contributed by atoms with Gasteiger partial charge in [-0.2, -0.15) is 0 Å². The average molecular weight is 324 g/mol. The average Bonchev–Trinajstić information content (AvgIpc) is 2.99. The molecule has 2 amide bonds. The molecular formula is C15H24N4O4. The van der Waals surface area contributed by atoms with E-state index in [9.17, 15) is 9.59 Å². The van der Waals surface area contributed by atoms with Crippen molar-refractivity contribution in [3.05, 3.63) is 18.7 Å². The molecular weight excluding hydrogens is 300 g/mol. The number of ether oxygens (including phenoxy) is 2. The van der Waals surface area contributed by atoms with Crippen LogP contribution in [0.15, 0.2) is 18.7 Å². The van der Waals surface area contributed by atoms with Gasteiger partial charge in [0.25, 0.3) is 0 Å². The van der Waals surface area contributed by atoms with Gasteiger partial charge >= 0.3 is 0 Å². The fourth-order valence-corrected chi connectivity index (χ4v) is 2.60. The Labute approximate surface area is 135 Å². The van der Waals surface area contributed by atoms with E-state index in [-0.39, 0.29) is 18.2 Å². The number of aryl methyl sites for hydroxylation is 1. The minimum atomic E-state index is -0.804. The molecule has 1 aromatic heterocycles. The first-order valence-electron chi connectivity index (χ1n) is 7.65. The molecule has 0 aromatic carbocycles. The van der Waals surface area contributed by atoms with Crippen molar-refractivity contribution in [2.75, 3.05) is 40.5 Å². The van der Waals surface area contributed by atoms with Crippen LogP contribution in [0.25, 0.3) is 0 Å². The maximum absolute atomic E-state index is 12.5. The summed E-state index contributed by atoms with van der Waals surface area (Å²) in [7, 11) is 3.13. The van der Waals surface area contributed by atoms with Crippen LogP contribution >= 0.6 is 0 Å². The topological polar surface area (TPSA) is 85.7 Å². The molecule has 0 saturated carbocycles. The van der Waals surface area contributed by atoms with Crippen LogP contribution in [-0.4, -0.2) is 72.3 Å². The molecule has 1 aromatic rings. The number of rotatable bonds is 6. The number of hydrogen-bond donors (Lipinski definition) is 1. The summed E-state index contributed by atoms with van der Waals surface area (Å²) in [4.78, 5) is 29.9. The highest BCUT2D eigenvalue weighted by Crippen LogP contribution is 2.21. The van der Waals surface area contributed by atoms with E-state index in [0.717, 1.165) is 0 Å². The van der Waals surface area contributed by atoms with Crippen LogP contribution in [0.5, 0.6) is 0 Å². The highest BCUT2D eigenvalue weighted by atomic mass is 16.5. The van der Waals surface area contributed by atoms with Gasteiger partial charge in [-0.3, -0.25) is 9.59 Å². The highest BCUT2D eigenvalue weighted by molar-refractivity contribution is 5.78. The first kappa shape index (κ1) is 17.4. The predicted octanol–water partition coefficient (Wildman–Crippen LogP) is -0.347. The summed E-state index contributed by atoms with van der Waals surface area (Å²) in [6.45, 7) is 2.16. The molecule has 0 bridgehead atoms. The largest absolute Gasteiger partial charge is 0.377 e. The second kappa shape index (κ2) is 8.07. The summed E-state index contributed by atoms with van der Waals surface area (Å²) in [5, 5.41) is 2.59. The fourth-order valence-electron chi connectivity index (χ4n) is 2.60. The number of nitrogens with one attached hydrogen (secondary N) is 1. The molecule has 1 aliphatic heterocycles. The molecule has 1 unspecified atom stereocenters. The second-order valence-electron chi connectivity index (χ2n) is 5.66. The van der Waals surface area contributed by atoms with Crippen molar-refractivity contribution >= 4 is 11.8 Å². The standard InChI is InChI=1S/C15H24N4O4/c1-16-13(20)9-15(22-2)10-19(7-8-23-11-15)14(21)3-5-18-6-4-17-12-18/h4,6,12H,3,5,7-11H2,1-2H3,(H,16,20). The lowest BCUT2D eigenvalue weighted by atomic mass is 9.99. The smallest absolute Gasteiger partial charge is 0.224 e. The van der Waals surface area contributed by atoms with E-state index in [4.69, 9.17) is 9.47 Å². The van der Waals surface area contributed by atoms with E-state index < -0.39 is 5.60 Å². The zero-order chi connectivity index (χ0) is 16.7. The van der Waals surface area contributed by atoms with Crippen LogP contribution in [0.1, 0.15) is 12.8 Å². The summed E-state index contributed by atoms with van der Waals surface area (Å²) in [6, 6.07) is 0. The first-order valence-corrected chi connectivity index (χ1v) is 7.65. The zero-order valence-corrected chi connectivity index (χ0v) is 13.7. The number of hydrogen-bond acceptors (Lipinski definition) is 5. The van der Waals surface area contributed by atoms with Crippen LogP contribution in [-0.2, 0) is 25.6 Å². The van der Waals surface area contributed by atoms with E-state index in [2.05, 4.69) is 10.3 Å². The summed E-state index contributed by atoms with van der Waals surface area (Å²) in [5.41, 5.74) is -0.804. The SMILES string of the molecule is CNC(=O)CC1(OC)COCCN(C(=O)CCn2ccnc2)C1. The Bertz CT molecular complexity index is 520. The second-order valence-corrected chi connectivity index (χ2v) is 5.66. The molecule has 8 nitrogen and oxygen atoms in total. The number of carbonyl (C=O) groups excluding carboxylic acids is 2. The molecule has 128 valence electrons. The van der Waals surface area contributed by atoms with Gasteiger partial charge in [0.2, 0.25) is 11.8 Å². The number of carbonyl (C=O) groups is 2. The predicted molar refractivity (Wildman–Crippen MR) is 82.7 cm³/mol. The normalized spacial score (nSPS) is 21.7. The number of methoxy groups -OCH3 is 1. The van der Waals surface area contributed by atoms with Crippen LogP contribution < -0.4 is 5.32 Å². The molecule has 0 radical (unpaired) electrons. The van der Waals surface area contributed by atoms with Gasteiger partial charge in [0, 0.05) is 46.1 Å². The number of imidazole rings is 1. The van der Waals surface area contributed by atoms with Crippen LogP contribution in [0.3, 0.4) is 0 Å². The zero-order valence-electron chi connectivity index (χ0n) is 13.7. The van der Waals surface area contributed by atoms with Gasteiger partial charge < -0.3 is 24.3 Å². The number of aromatic nitrogens is 2. The fraction of sp³-hybridized carbons (Fsp3) is 0.667. The number of nitrogens with zero attached hydrogens (tertiary/aromatic N) is 3. The molecule has 1 N–H and O–H groups in total. The van der Waals surface area contributed by atoms with Gasteiger partial charge in [0.05, 0.1) is 32.5 Å². The van der Waals surface area contributed by atoms with Gasteiger partial charge in [-0.15, -0.1) is 0 Å². The summed E-state index contributed by atoms with van der Waals surface area (Å²) < 4.78 is 13.0. The van der Waals surface area contributed by atoms with E-state index in [1.807, 2.05) is 10.8 Å². The van der Waals surface area contributed by atoms with Gasteiger partial charge in [-0.25, -0.2) is 4.98 Å². The van der Waals surface area contributed by atoms with Crippen LogP contribution in [0, 0.1) is 0 Å². The Balaban J connectivity index is 1.99. The molecule has 1 aliphatic rings. The van der Waals surface area contributed by atoms with Gasteiger partial charge in [-0.05, 0) is 0 Å². The third-order valence-corrected chi connectivity index (χ3v) is 4.04. The summed E-state index contributed by atoms with van der Waals surface area (Å²) in [6.07, 6.45) is 5.72. The maximum Gasteiger partial charge on any atom is 0.224 e. The molecule has 8 heteroatoms. The van der Waals surface area contributed by atoms with Crippen molar-refractivity contribution in [1.29, 1.82) is 0 Å². The molecule has 2 rings (SSSR count). The van der Waals surface area contributed by atoms with Crippen LogP contribution in [0.4, 0.5) is 0 Å². The Hall–Kier alpha value is -1.93. The van der Waals surface area contributed by atoms with Gasteiger partial charge in [0.15, 0.2) is 0 Å². The first-order chi connectivity index (χ1) is 11.1. The van der Waals surface area contributed by atoms with Crippen molar-refractivity contribution in [2.45, 2.75) is 25.0 Å². The Morgan fingerprint density at radius 1 is 1.48 bits per heavy atom. The Morgan fingerprint density at radius 2 is 2.30 bits per heavy atom. The molecule has 2 heterocycles. The van der Waals surface area contributed by atoms with E-state index in [1.165, 1.54) is 0 Å². The highest BCUT2D eigenvalue weighted by Gasteiger charge is 2.38. The lowest BCUT2D eigenvalue weighted by molar-refractivity contribution is -0.140. The van der Waals surface area contributed by atoms with Crippen molar-refractivity contribution in [3.63, 3.8) is 0 Å². The molecule has 0 aliphatic carbocycles. The summed E-state index contributed by atoms with van der Waals surface area (Å²) >= 11 is 0. The third-order valence-electron chi connectivity index (χ3n) is 4.04. The Kier molecular flexibility index (Phi) is 6.12. The monoisotopic (exact) mass is 324 g/mol. The number of amides is 2. The van der Waals surface area contributed by atoms with E-state index >= 15 is 0 Å². The molecule has 0 spiro atoms. The van der Waals surface area contributed by atoms with E-state index in [1.54, 1.807) is 31.6 Å². The minimum absolute atomic E-state index is 0.0162. The quantitative estimate of drug-likeness (QED) is 0.773. The third kappa shape index (κ3) is 4.77. The lowest BCUT2D eigenvalue weighted by Crippen LogP contribution is -2.50.